The third-order valence-electron chi connectivity index (χ3n) is 9.44. The molecule has 10 nitrogen and oxygen atoms in total. The Morgan fingerprint density at radius 2 is 1.78 bits per heavy atom. The van der Waals surface area contributed by atoms with Gasteiger partial charge in [-0.1, -0.05) is 41.4 Å². The largest absolute Gasteiger partial charge is 0.481 e. The number of methoxy groups -OCH3 is 1. The van der Waals surface area contributed by atoms with Crippen LogP contribution in [-0.4, -0.2) is 90.3 Å². The van der Waals surface area contributed by atoms with E-state index in [0.29, 0.717) is 71.6 Å². The van der Waals surface area contributed by atoms with E-state index in [1.54, 1.807) is 31.4 Å². The summed E-state index contributed by atoms with van der Waals surface area (Å²) >= 11 is 13.2. The van der Waals surface area contributed by atoms with Crippen LogP contribution in [0.1, 0.15) is 48.0 Å². The molecule has 0 spiro atoms. The maximum Gasteiger partial charge on any atom is 0.306 e. The van der Waals surface area contributed by atoms with Gasteiger partial charge in [-0.15, -0.1) is 0 Å². The van der Waals surface area contributed by atoms with Gasteiger partial charge in [0.2, 0.25) is 5.91 Å². The number of furan rings is 1. The van der Waals surface area contributed by atoms with Crippen LogP contribution in [-0.2, 0) is 25.5 Å². The van der Waals surface area contributed by atoms with Gasteiger partial charge in [0.1, 0.15) is 11.8 Å². The molecule has 1 saturated carbocycles. The van der Waals surface area contributed by atoms with Gasteiger partial charge in [-0.3, -0.25) is 19.3 Å². The van der Waals surface area contributed by atoms with Crippen molar-refractivity contribution < 1.29 is 33.4 Å². The summed E-state index contributed by atoms with van der Waals surface area (Å²) in [5.41, 5.74) is 1.88. The molecule has 1 aliphatic carbocycles. The summed E-state index contributed by atoms with van der Waals surface area (Å²) in [4.78, 5) is 42.4. The lowest BCUT2D eigenvalue weighted by molar-refractivity contribution is -0.144. The van der Waals surface area contributed by atoms with E-state index in [0.717, 1.165) is 19.5 Å². The number of fused-ring (bicyclic) bond motifs is 1. The van der Waals surface area contributed by atoms with Gasteiger partial charge in [0.05, 0.1) is 53.5 Å². The highest BCUT2D eigenvalue weighted by Gasteiger charge is 2.42. The van der Waals surface area contributed by atoms with Crippen molar-refractivity contribution in [3.8, 4) is 0 Å². The van der Waals surface area contributed by atoms with Crippen LogP contribution in [0, 0.1) is 5.92 Å². The van der Waals surface area contributed by atoms with Crippen LogP contribution in [0.15, 0.2) is 47.1 Å². The smallest absolute Gasteiger partial charge is 0.306 e. The Hall–Kier alpha value is -3.15. The average molecular weight is 659 g/mol. The Labute approximate surface area is 271 Å². The first-order valence-electron chi connectivity index (χ1n) is 15.4. The third-order valence-corrected chi connectivity index (χ3v) is 10.1. The SMILES string of the molecule is COC1CN([C@H]2CC(COC3CCC(C(=O)O)CC3)N(C(=O)Cc3cc(Cl)c(NC(=O)c4coc5ccccc45)cc3Cl)C2)C1. The minimum absolute atomic E-state index is 0.00507. The second-order valence-corrected chi connectivity index (χ2v) is 13.1. The average Bonchev–Trinajstić information content (AvgIpc) is 3.63. The highest BCUT2D eigenvalue weighted by Crippen LogP contribution is 2.34. The molecule has 0 radical (unpaired) electrons. The van der Waals surface area contributed by atoms with E-state index < -0.39 is 5.97 Å². The molecule has 3 aromatic rings. The fraction of sp³-hybridized carbons (Fsp3) is 0.485. The lowest BCUT2D eigenvalue weighted by atomic mass is 9.87. The summed E-state index contributed by atoms with van der Waals surface area (Å²) < 4.78 is 17.2. The predicted molar refractivity (Wildman–Crippen MR) is 170 cm³/mol. The highest BCUT2D eigenvalue weighted by molar-refractivity contribution is 6.36. The Morgan fingerprint density at radius 3 is 2.51 bits per heavy atom. The standard InChI is InChI=1S/C33H37Cl2N3O7/c1-43-24-15-37(16-24)21-12-22(17-44-23-8-6-19(7-9-23)33(41)42)38(14-21)31(39)11-20-10-28(35)29(13-27(20)34)36-32(40)26-18-45-30-5-3-2-4-25(26)30/h2-5,10,13,18-19,21-24H,6-9,11-12,14-17H2,1H3,(H,36,40)(H,41,42)/t19?,21-,22?,23?/m0/s1. The summed E-state index contributed by atoms with van der Waals surface area (Å²) in [6.07, 6.45) is 5.07. The van der Waals surface area contributed by atoms with Crippen molar-refractivity contribution in [2.45, 2.75) is 62.8 Å². The number of hydrogen-bond acceptors (Lipinski definition) is 7. The van der Waals surface area contributed by atoms with Gasteiger partial charge in [-0.25, -0.2) is 0 Å². The zero-order chi connectivity index (χ0) is 31.7. The number of carboxylic acids is 1. The van der Waals surface area contributed by atoms with Crippen LogP contribution in [0.3, 0.4) is 0 Å². The maximum atomic E-state index is 13.8. The number of anilines is 1. The summed E-state index contributed by atoms with van der Waals surface area (Å²) in [7, 11) is 1.72. The van der Waals surface area contributed by atoms with Gasteiger partial charge in [0, 0.05) is 43.2 Å². The maximum absolute atomic E-state index is 13.8. The van der Waals surface area contributed by atoms with Crippen molar-refractivity contribution in [2.75, 3.05) is 38.7 Å². The number of nitrogens with zero attached hydrogens (tertiary/aromatic N) is 2. The van der Waals surface area contributed by atoms with Crippen molar-refractivity contribution in [3.05, 3.63) is 63.8 Å². The molecule has 2 amide bonds. The first-order valence-corrected chi connectivity index (χ1v) is 16.1. The molecule has 2 N–H and O–H groups in total. The van der Waals surface area contributed by atoms with Gasteiger partial charge in [0.15, 0.2) is 0 Å². The van der Waals surface area contributed by atoms with Gasteiger partial charge in [-0.2, -0.15) is 0 Å². The number of nitrogens with one attached hydrogen (secondary N) is 1. The number of ether oxygens (including phenoxy) is 2. The molecule has 45 heavy (non-hydrogen) atoms. The van der Waals surface area contributed by atoms with Crippen molar-refractivity contribution >= 4 is 57.6 Å². The Bertz CT molecular complexity index is 1560. The van der Waals surface area contributed by atoms with Crippen LogP contribution in [0.5, 0.6) is 0 Å². The number of carboxylic acid groups (broad SMARTS) is 1. The molecule has 3 heterocycles. The number of amides is 2. The Kier molecular flexibility index (Phi) is 9.68. The normalized spacial score (nSPS) is 24.1. The number of halogens is 2. The second kappa shape index (κ2) is 13.7. The third kappa shape index (κ3) is 7.00. The first-order chi connectivity index (χ1) is 21.7. The van der Waals surface area contributed by atoms with E-state index in [2.05, 4.69) is 10.2 Å². The Balaban J connectivity index is 1.11. The fourth-order valence-corrected chi connectivity index (χ4v) is 7.15. The number of rotatable bonds is 10. The zero-order valence-corrected chi connectivity index (χ0v) is 26.6. The van der Waals surface area contributed by atoms with Crippen LogP contribution >= 0.6 is 23.2 Å². The van der Waals surface area contributed by atoms with E-state index in [-0.39, 0.29) is 53.5 Å². The second-order valence-electron chi connectivity index (χ2n) is 12.2. The molecule has 1 aromatic heterocycles. The quantitative estimate of drug-likeness (QED) is 0.293. The number of carbonyl (C=O) groups excluding carboxylic acids is 2. The van der Waals surface area contributed by atoms with Crippen LogP contribution in [0.4, 0.5) is 5.69 Å². The van der Waals surface area contributed by atoms with E-state index in [9.17, 15) is 19.5 Å². The molecule has 3 fully saturated rings. The number of hydrogen-bond donors (Lipinski definition) is 2. The molecule has 0 bridgehead atoms. The number of para-hydroxylation sites is 1. The molecule has 240 valence electrons. The van der Waals surface area contributed by atoms with Crippen LogP contribution in [0.25, 0.3) is 11.0 Å². The molecule has 2 saturated heterocycles. The summed E-state index contributed by atoms with van der Waals surface area (Å²) in [6, 6.07) is 10.5. The van der Waals surface area contributed by atoms with E-state index in [1.165, 1.54) is 6.26 Å². The monoisotopic (exact) mass is 657 g/mol. The van der Waals surface area contributed by atoms with Gasteiger partial charge >= 0.3 is 5.97 Å². The Morgan fingerprint density at radius 1 is 1.02 bits per heavy atom. The molecule has 3 aliphatic rings. The van der Waals surface area contributed by atoms with Crippen molar-refractivity contribution in [1.29, 1.82) is 0 Å². The summed E-state index contributed by atoms with van der Waals surface area (Å²) in [5, 5.41) is 13.4. The van der Waals surface area contributed by atoms with E-state index in [1.807, 2.05) is 17.0 Å². The van der Waals surface area contributed by atoms with Crippen LogP contribution < -0.4 is 5.32 Å². The highest BCUT2D eigenvalue weighted by atomic mass is 35.5. The number of aliphatic carboxylic acids is 1. The van der Waals surface area contributed by atoms with E-state index in [4.69, 9.17) is 37.1 Å². The van der Waals surface area contributed by atoms with Crippen LogP contribution in [0.2, 0.25) is 10.0 Å². The molecule has 2 aromatic carbocycles. The van der Waals surface area contributed by atoms with Crippen molar-refractivity contribution in [3.63, 3.8) is 0 Å². The molecule has 2 atom stereocenters. The first kappa shape index (κ1) is 31.8. The number of carbonyl (C=O) groups is 3. The molecule has 12 heteroatoms. The minimum atomic E-state index is -0.742. The zero-order valence-electron chi connectivity index (χ0n) is 25.0. The van der Waals surface area contributed by atoms with Gasteiger partial charge in [-0.05, 0) is 55.9 Å². The molecule has 2 aliphatic heterocycles. The van der Waals surface area contributed by atoms with Crippen molar-refractivity contribution in [2.24, 2.45) is 5.92 Å². The lowest BCUT2D eigenvalue weighted by Crippen LogP contribution is -2.56. The lowest BCUT2D eigenvalue weighted by Gasteiger charge is -2.42. The number of benzene rings is 2. The van der Waals surface area contributed by atoms with Gasteiger partial charge in [0.25, 0.3) is 5.91 Å². The molecular weight excluding hydrogens is 621 g/mol. The van der Waals surface area contributed by atoms with Gasteiger partial charge < -0.3 is 29.2 Å². The minimum Gasteiger partial charge on any atom is -0.481 e. The summed E-state index contributed by atoms with van der Waals surface area (Å²) in [5.74, 6) is -1.51. The molecule has 6 rings (SSSR count). The fourth-order valence-electron chi connectivity index (χ4n) is 6.69. The molecular formula is C33H37Cl2N3O7. The summed E-state index contributed by atoms with van der Waals surface area (Å²) in [6.45, 7) is 2.64. The predicted octanol–water partition coefficient (Wildman–Crippen LogP) is 5.49. The molecule has 1 unspecified atom stereocenters. The van der Waals surface area contributed by atoms with E-state index >= 15 is 0 Å². The number of likely N-dealkylation sites (tertiary alicyclic amines) is 2. The topological polar surface area (TPSA) is 122 Å². The van der Waals surface area contributed by atoms with Crippen molar-refractivity contribution in [1.82, 2.24) is 9.80 Å².